The van der Waals surface area contributed by atoms with Crippen LogP contribution in [0, 0.1) is 18.8 Å². The van der Waals surface area contributed by atoms with E-state index in [0.29, 0.717) is 12.1 Å². The summed E-state index contributed by atoms with van der Waals surface area (Å²) >= 11 is 0. The van der Waals surface area contributed by atoms with E-state index in [1.54, 1.807) is 13.1 Å². The molecule has 0 saturated carbocycles. The summed E-state index contributed by atoms with van der Waals surface area (Å²) < 4.78 is 1.48. The van der Waals surface area contributed by atoms with Crippen molar-refractivity contribution in [2.75, 3.05) is 6.61 Å². The summed E-state index contributed by atoms with van der Waals surface area (Å²) in [7, 11) is 0. The van der Waals surface area contributed by atoms with Crippen LogP contribution in [0.4, 0.5) is 0 Å². The predicted molar refractivity (Wildman–Crippen MR) is 59.3 cm³/mol. The zero-order valence-corrected chi connectivity index (χ0v) is 9.01. The summed E-state index contributed by atoms with van der Waals surface area (Å²) in [6.07, 6.45) is 5.45. The highest BCUT2D eigenvalue weighted by atomic mass is 16.3. The number of aliphatic hydroxyl groups excluding tert-OH is 1. The van der Waals surface area contributed by atoms with E-state index in [0.717, 1.165) is 0 Å². The quantitative estimate of drug-likeness (QED) is 0.686. The van der Waals surface area contributed by atoms with E-state index in [9.17, 15) is 9.59 Å². The van der Waals surface area contributed by atoms with Gasteiger partial charge in [0.05, 0.1) is 0 Å². The maximum absolute atomic E-state index is 11.5. The van der Waals surface area contributed by atoms with Gasteiger partial charge >= 0.3 is 5.69 Å². The maximum Gasteiger partial charge on any atom is 0.328 e. The molecule has 16 heavy (non-hydrogen) atoms. The van der Waals surface area contributed by atoms with Crippen LogP contribution in [0.25, 0.3) is 0 Å². The van der Waals surface area contributed by atoms with Gasteiger partial charge in [-0.25, -0.2) is 4.79 Å². The number of aromatic nitrogens is 2. The molecule has 0 spiro atoms. The van der Waals surface area contributed by atoms with Gasteiger partial charge in [0.1, 0.15) is 0 Å². The number of allylic oxidation sites excluding steroid dienone is 1. The Morgan fingerprint density at radius 2 is 2.06 bits per heavy atom. The summed E-state index contributed by atoms with van der Waals surface area (Å²) in [4.78, 5) is 24.9. The molecule has 5 nitrogen and oxygen atoms in total. The lowest BCUT2D eigenvalue weighted by Gasteiger charge is -2.28. The third-order valence-electron chi connectivity index (χ3n) is 2.96. The number of aryl methyl sites for hydroxylation is 1. The zero-order chi connectivity index (χ0) is 11.7. The van der Waals surface area contributed by atoms with Gasteiger partial charge in [0, 0.05) is 36.7 Å². The highest BCUT2D eigenvalue weighted by Gasteiger charge is 2.23. The van der Waals surface area contributed by atoms with Crippen molar-refractivity contribution in [1.29, 1.82) is 0 Å². The average Bonchev–Trinajstić information content (AvgIpc) is 2.20. The first-order valence-electron chi connectivity index (χ1n) is 5.21. The minimum absolute atomic E-state index is 0.0955. The van der Waals surface area contributed by atoms with Gasteiger partial charge in [0.25, 0.3) is 5.56 Å². The SMILES string of the molecule is Cc1cn(C[C@H]2C=C[C@H]2CO)c(=O)[nH]c1=O. The van der Waals surface area contributed by atoms with E-state index in [-0.39, 0.29) is 24.0 Å². The summed E-state index contributed by atoms with van der Waals surface area (Å²) in [6, 6.07) is 0. The first-order valence-corrected chi connectivity index (χ1v) is 5.21. The number of nitrogens with zero attached hydrogens (tertiary/aromatic N) is 1. The van der Waals surface area contributed by atoms with Crippen molar-refractivity contribution < 1.29 is 5.11 Å². The summed E-state index contributed by atoms with van der Waals surface area (Å²) in [6.45, 7) is 2.26. The van der Waals surface area contributed by atoms with Crippen molar-refractivity contribution in [3.05, 3.63) is 44.8 Å². The van der Waals surface area contributed by atoms with Crippen LogP contribution in [-0.2, 0) is 6.54 Å². The lowest BCUT2D eigenvalue weighted by Crippen LogP contribution is -2.35. The van der Waals surface area contributed by atoms with Crippen LogP contribution in [0.3, 0.4) is 0 Å². The highest BCUT2D eigenvalue weighted by Crippen LogP contribution is 2.25. The Kier molecular flexibility index (Phi) is 2.78. The van der Waals surface area contributed by atoms with Gasteiger partial charge < -0.3 is 5.11 Å². The molecule has 0 aliphatic heterocycles. The van der Waals surface area contributed by atoms with Crippen molar-refractivity contribution in [1.82, 2.24) is 9.55 Å². The molecule has 1 aliphatic carbocycles. The standard InChI is InChI=1S/C11H14N2O3/c1-7-4-13(11(16)12-10(7)15)5-8-2-3-9(8)6-14/h2-4,8-9,14H,5-6H2,1H3,(H,12,15,16)/t8-,9+/m1/s1. The minimum Gasteiger partial charge on any atom is -0.396 e. The number of H-pyrrole nitrogens is 1. The van der Waals surface area contributed by atoms with Crippen LogP contribution < -0.4 is 11.2 Å². The molecular formula is C11H14N2O3. The predicted octanol–water partition coefficient (Wildman–Crippen LogP) is -0.360. The third-order valence-corrected chi connectivity index (χ3v) is 2.96. The molecule has 1 aromatic heterocycles. The molecule has 2 N–H and O–H groups in total. The average molecular weight is 222 g/mol. The topological polar surface area (TPSA) is 75.1 Å². The van der Waals surface area contributed by atoms with Crippen LogP contribution >= 0.6 is 0 Å². The summed E-state index contributed by atoms with van der Waals surface area (Å²) in [5.74, 6) is 0.298. The Balaban J connectivity index is 2.23. The normalized spacial score (nSPS) is 23.1. The van der Waals surface area contributed by atoms with Gasteiger partial charge in [-0.3, -0.25) is 14.3 Å². The second kappa shape index (κ2) is 4.09. The van der Waals surface area contributed by atoms with E-state index < -0.39 is 5.69 Å². The molecule has 0 amide bonds. The fourth-order valence-electron chi connectivity index (χ4n) is 1.80. The molecule has 5 heteroatoms. The second-order valence-corrected chi connectivity index (χ2v) is 4.12. The highest BCUT2D eigenvalue weighted by molar-refractivity contribution is 5.09. The van der Waals surface area contributed by atoms with Crippen LogP contribution in [0.2, 0.25) is 0 Å². The lowest BCUT2D eigenvalue weighted by atomic mass is 9.83. The first kappa shape index (κ1) is 10.9. The fraction of sp³-hybridized carbons (Fsp3) is 0.455. The molecule has 1 heterocycles. The van der Waals surface area contributed by atoms with Crippen molar-refractivity contribution in [2.24, 2.45) is 11.8 Å². The molecule has 0 radical (unpaired) electrons. The van der Waals surface area contributed by atoms with E-state index in [1.807, 2.05) is 12.2 Å². The van der Waals surface area contributed by atoms with Crippen molar-refractivity contribution in [2.45, 2.75) is 13.5 Å². The molecule has 0 saturated heterocycles. The molecule has 0 unspecified atom stereocenters. The van der Waals surface area contributed by atoms with Gasteiger partial charge in [-0.1, -0.05) is 12.2 Å². The van der Waals surface area contributed by atoms with E-state index in [2.05, 4.69) is 4.98 Å². The Hall–Kier alpha value is -1.62. The number of aliphatic hydroxyl groups is 1. The molecule has 86 valence electrons. The molecule has 1 aromatic rings. The second-order valence-electron chi connectivity index (χ2n) is 4.12. The van der Waals surface area contributed by atoms with Crippen LogP contribution in [0.15, 0.2) is 27.9 Å². The van der Waals surface area contributed by atoms with Crippen molar-refractivity contribution in [3.63, 3.8) is 0 Å². The van der Waals surface area contributed by atoms with Crippen molar-refractivity contribution >= 4 is 0 Å². The van der Waals surface area contributed by atoms with Gasteiger partial charge in [0.15, 0.2) is 0 Å². The number of rotatable bonds is 3. The molecule has 0 bridgehead atoms. The third kappa shape index (κ3) is 1.86. The van der Waals surface area contributed by atoms with E-state index >= 15 is 0 Å². The number of hydrogen-bond acceptors (Lipinski definition) is 3. The molecule has 1 aliphatic rings. The minimum atomic E-state index is -0.396. The molecule has 2 rings (SSSR count). The largest absolute Gasteiger partial charge is 0.396 e. The smallest absolute Gasteiger partial charge is 0.328 e. The van der Waals surface area contributed by atoms with Crippen LogP contribution in [-0.4, -0.2) is 21.3 Å². The van der Waals surface area contributed by atoms with Crippen LogP contribution in [0.5, 0.6) is 0 Å². The number of hydrogen-bond donors (Lipinski definition) is 2. The Morgan fingerprint density at radius 3 is 2.62 bits per heavy atom. The monoisotopic (exact) mass is 222 g/mol. The Morgan fingerprint density at radius 1 is 1.38 bits per heavy atom. The van der Waals surface area contributed by atoms with E-state index in [4.69, 9.17) is 5.11 Å². The zero-order valence-electron chi connectivity index (χ0n) is 9.01. The first-order chi connectivity index (χ1) is 7.61. The number of aromatic amines is 1. The Bertz CT molecular complexity index is 527. The van der Waals surface area contributed by atoms with Gasteiger partial charge in [0.2, 0.25) is 0 Å². The summed E-state index contributed by atoms with van der Waals surface area (Å²) in [5.41, 5.74) is -0.222. The lowest BCUT2D eigenvalue weighted by molar-refractivity contribution is 0.199. The van der Waals surface area contributed by atoms with Crippen molar-refractivity contribution in [3.8, 4) is 0 Å². The molecule has 0 fully saturated rings. The van der Waals surface area contributed by atoms with Gasteiger partial charge in [-0.2, -0.15) is 0 Å². The van der Waals surface area contributed by atoms with Crippen LogP contribution in [0.1, 0.15) is 5.56 Å². The van der Waals surface area contributed by atoms with Gasteiger partial charge in [-0.05, 0) is 6.92 Å². The fourth-order valence-corrected chi connectivity index (χ4v) is 1.80. The maximum atomic E-state index is 11.5. The molecule has 0 aromatic carbocycles. The molecular weight excluding hydrogens is 208 g/mol. The Labute approximate surface area is 92.1 Å². The summed E-state index contributed by atoms with van der Waals surface area (Å²) in [5, 5.41) is 9.01. The molecule has 2 atom stereocenters. The van der Waals surface area contributed by atoms with E-state index in [1.165, 1.54) is 4.57 Å². The number of nitrogens with one attached hydrogen (secondary N) is 1. The van der Waals surface area contributed by atoms with Gasteiger partial charge in [-0.15, -0.1) is 0 Å².